The normalized spacial score (nSPS) is 11.8. The van der Waals surface area contributed by atoms with Crippen molar-refractivity contribution in [1.29, 1.82) is 0 Å². The van der Waals surface area contributed by atoms with Crippen molar-refractivity contribution >= 4 is 28.1 Å². The van der Waals surface area contributed by atoms with Crippen LogP contribution in [-0.2, 0) is 12.7 Å². The van der Waals surface area contributed by atoms with E-state index in [-0.39, 0.29) is 12.4 Å². The molecule has 0 fully saturated rings. The standard InChI is InChI=1S/C17H13F3N6O2S/c1-8-5-22-15(29-8)9-3-10-13(11(4-9)27-2)23-7-24-14(10)21-6-12-25-16(26-28-12)17(18,19)20/h3-5,7H,6H2,1-2H3,(H,21,23,24). The maximum Gasteiger partial charge on any atom is 0.455 e. The van der Waals surface area contributed by atoms with E-state index < -0.39 is 12.0 Å². The first-order chi connectivity index (χ1) is 13.8. The second-order valence-corrected chi connectivity index (χ2v) is 7.17. The van der Waals surface area contributed by atoms with Crippen molar-refractivity contribution in [2.24, 2.45) is 0 Å². The number of nitrogens with zero attached hydrogens (tertiary/aromatic N) is 5. The van der Waals surface area contributed by atoms with Crippen molar-refractivity contribution in [3.8, 4) is 16.3 Å². The molecule has 1 aromatic carbocycles. The fourth-order valence-corrected chi connectivity index (χ4v) is 3.40. The van der Waals surface area contributed by atoms with Gasteiger partial charge in [-0.1, -0.05) is 5.16 Å². The van der Waals surface area contributed by atoms with E-state index in [2.05, 4.69) is 34.9 Å². The maximum absolute atomic E-state index is 12.6. The van der Waals surface area contributed by atoms with Crippen LogP contribution in [0.15, 0.2) is 29.2 Å². The number of hydrogen-bond acceptors (Lipinski definition) is 9. The fraction of sp³-hybridized carbons (Fsp3) is 0.235. The van der Waals surface area contributed by atoms with Gasteiger partial charge in [0.1, 0.15) is 28.4 Å². The Morgan fingerprint density at radius 3 is 2.69 bits per heavy atom. The van der Waals surface area contributed by atoms with Crippen molar-refractivity contribution < 1.29 is 22.4 Å². The van der Waals surface area contributed by atoms with Gasteiger partial charge >= 0.3 is 6.18 Å². The minimum atomic E-state index is -4.67. The molecule has 0 saturated carbocycles. The minimum absolute atomic E-state index is 0.141. The lowest BCUT2D eigenvalue weighted by Crippen LogP contribution is -2.08. The Kier molecular flexibility index (Phi) is 4.78. The third kappa shape index (κ3) is 3.83. The molecule has 0 bridgehead atoms. The van der Waals surface area contributed by atoms with Crippen LogP contribution in [0.3, 0.4) is 0 Å². The molecular weight excluding hydrogens is 409 g/mol. The van der Waals surface area contributed by atoms with Crippen LogP contribution >= 0.6 is 11.3 Å². The number of alkyl halides is 3. The van der Waals surface area contributed by atoms with Crippen LogP contribution in [0.2, 0.25) is 0 Å². The molecular formula is C17H13F3N6O2S. The summed E-state index contributed by atoms with van der Waals surface area (Å²) in [5, 5.41) is 7.26. The van der Waals surface area contributed by atoms with Gasteiger partial charge in [-0.3, -0.25) is 0 Å². The number of rotatable bonds is 5. The zero-order valence-electron chi connectivity index (χ0n) is 15.1. The van der Waals surface area contributed by atoms with E-state index in [1.54, 1.807) is 6.20 Å². The van der Waals surface area contributed by atoms with Crippen LogP contribution in [0, 0.1) is 6.92 Å². The van der Waals surface area contributed by atoms with Crippen LogP contribution in [0.25, 0.3) is 21.5 Å². The maximum atomic E-state index is 12.6. The summed E-state index contributed by atoms with van der Waals surface area (Å²) >= 11 is 1.52. The fourth-order valence-electron chi connectivity index (χ4n) is 2.64. The second-order valence-electron chi connectivity index (χ2n) is 5.94. The van der Waals surface area contributed by atoms with Crippen LogP contribution in [0.1, 0.15) is 16.6 Å². The zero-order valence-corrected chi connectivity index (χ0v) is 15.9. The first-order valence-corrected chi connectivity index (χ1v) is 9.06. The summed E-state index contributed by atoms with van der Waals surface area (Å²) in [6.07, 6.45) is -1.57. The van der Waals surface area contributed by atoms with Crippen molar-refractivity contribution in [2.45, 2.75) is 19.6 Å². The number of fused-ring (bicyclic) bond motifs is 1. The molecule has 0 aliphatic heterocycles. The van der Waals surface area contributed by atoms with Crippen LogP contribution in [0.5, 0.6) is 5.75 Å². The van der Waals surface area contributed by atoms with Gasteiger partial charge in [0.05, 0.1) is 13.7 Å². The number of aromatic nitrogens is 5. The number of methoxy groups -OCH3 is 1. The van der Waals surface area contributed by atoms with Crippen molar-refractivity contribution in [1.82, 2.24) is 25.1 Å². The quantitative estimate of drug-likeness (QED) is 0.514. The van der Waals surface area contributed by atoms with E-state index in [4.69, 9.17) is 4.74 Å². The number of anilines is 1. The summed E-state index contributed by atoms with van der Waals surface area (Å²) in [6, 6.07) is 3.67. The van der Waals surface area contributed by atoms with E-state index in [0.717, 1.165) is 15.4 Å². The largest absolute Gasteiger partial charge is 0.494 e. The highest BCUT2D eigenvalue weighted by molar-refractivity contribution is 7.14. The summed E-state index contributed by atoms with van der Waals surface area (Å²) in [5.74, 6) is -0.643. The summed E-state index contributed by atoms with van der Waals surface area (Å²) in [4.78, 5) is 17.2. The average molecular weight is 422 g/mol. The van der Waals surface area contributed by atoms with Crippen LogP contribution in [0.4, 0.5) is 19.0 Å². The molecule has 0 atom stereocenters. The molecule has 0 aliphatic carbocycles. The van der Waals surface area contributed by atoms with E-state index >= 15 is 0 Å². The summed E-state index contributed by atoms with van der Waals surface area (Å²) < 4.78 is 47.9. The molecule has 29 heavy (non-hydrogen) atoms. The number of halogens is 3. The summed E-state index contributed by atoms with van der Waals surface area (Å²) in [6.45, 7) is 1.81. The Morgan fingerprint density at radius 2 is 2.03 bits per heavy atom. The van der Waals surface area contributed by atoms with Gasteiger partial charge in [0.25, 0.3) is 5.82 Å². The lowest BCUT2D eigenvalue weighted by atomic mass is 10.1. The molecule has 1 N–H and O–H groups in total. The highest BCUT2D eigenvalue weighted by Crippen LogP contribution is 2.35. The van der Waals surface area contributed by atoms with E-state index in [1.165, 1.54) is 24.8 Å². The first-order valence-electron chi connectivity index (χ1n) is 8.24. The molecule has 150 valence electrons. The second kappa shape index (κ2) is 7.28. The third-order valence-electron chi connectivity index (χ3n) is 3.92. The minimum Gasteiger partial charge on any atom is -0.494 e. The van der Waals surface area contributed by atoms with Gasteiger partial charge in [-0.05, 0) is 19.1 Å². The van der Waals surface area contributed by atoms with Gasteiger partial charge in [0.15, 0.2) is 0 Å². The average Bonchev–Trinajstić information content (AvgIpc) is 3.34. The van der Waals surface area contributed by atoms with Crippen molar-refractivity contribution in [3.63, 3.8) is 0 Å². The topological polar surface area (TPSA) is 98.8 Å². The molecule has 0 radical (unpaired) electrons. The molecule has 0 spiro atoms. The van der Waals surface area contributed by atoms with Gasteiger partial charge in [-0.15, -0.1) is 11.3 Å². The Bertz CT molecular complexity index is 1170. The van der Waals surface area contributed by atoms with Crippen LogP contribution < -0.4 is 10.1 Å². The number of benzene rings is 1. The van der Waals surface area contributed by atoms with E-state index in [9.17, 15) is 13.2 Å². The van der Waals surface area contributed by atoms with Gasteiger partial charge < -0.3 is 14.6 Å². The molecule has 0 amide bonds. The molecule has 0 aliphatic rings. The molecule has 3 aromatic heterocycles. The van der Waals surface area contributed by atoms with Crippen molar-refractivity contribution in [2.75, 3.05) is 12.4 Å². The number of hydrogen-bond donors (Lipinski definition) is 1. The molecule has 4 rings (SSSR count). The smallest absolute Gasteiger partial charge is 0.455 e. The molecule has 12 heteroatoms. The molecule has 8 nitrogen and oxygen atoms in total. The van der Waals surface area contributed by atoms with E-state index in [1.807, 2.05) is 19.1 Å². The van der Waals surface area contributed by atoms with Gasteiger partial charge in [-0.25, -0.2) is 15.0 Å². The number of nitrogens with one attached hydrogen (secondary N) is 1. The van der Waals surface area contributed by atoms with Gasteiger partial charge in [0, 0.05) is 22.0 Å². The molecule has 0 unspecified atom stereocenters. The number of aryl methyl sites for hydroxylation is 1. The number of ether oxygens (including phenoxy) is 1. The van der Waals surface area contributed by atoms with Gasteiger partial charge in [0.2, 0.25) is 5.89 Å². The molecule has 3 heterocycles. The highest BCUT2D eigenvalue weighted by atomic mass is 32.1. The summed E-state index contributed by atoms with van der Waals surface area (Å²) in [7, 11) is 1.53. The summed E-state index contributed by atoms with van der Waals surface area (Å²) in [5.41, 5.74) is 1.35. The van der Waals surface area contributed by atoms with Gasteiger partial charge in [-0.2, -0.15) is 18.2 Å². The van der Waals surface area contributed by atoms with Crippen molar-refractivity contribution in [3.05, 3.63) is 41.2 Å². The monoisotopic (exact) mass is 422 g/mol. The third-order valence-corrected chi connectivity index (χ3v) is 4.88. The zero-order chi connectivity index (χ0) is 20.6. The molecule has 0 saturated heterocycles. The Hall–Kier alpha value is -3.28. The predicted molar refractivity (Wildman–Crippen MR) is 98.6 cm³/mol. The molecule has 4 aromatic rings. The lowest BCUT2D eigenvalue weighted by Gasteiger charge is -2.11. The Labute approximate surface area is 165 Å². The highest BCUT2D eigenvalue weighted by Gasteiger charge is 2.37. The van der Waals surface area contributed by atoms with Crippen LogP contribution in [-0.4, -0.2) is 32.2 Å². The number of thiazole rings is 1. The Balaban J connectivity index is 1.69. The predicted octanol–water partition coefficient (Wildman–Crippen LogP) is 4.08. The lowest BCUT2D eigenvalue weighted by molar-refractivity contribution is -0.146. The first kappa shape index (κ1) is 19.1. The SMILES string of the molecule is COc1cc(-c2ncc(C)s2)cc2c(NCc3nc(C(F)(F)F)no3)ncnc12. The Morgan fingerprint density at radius 1 is 1.21 bits per heavy atom. The van der Waals surface area contributed by atoms with E-state index in [0.29, 0.717) is 22.5 Å².